The van der Waals surface area contributed by atoms with Crippen LogP contribution in [-0.2, 0) is 9.59 Å². The maximum atomic E-state index is 11.0. The molecule has 1 aliphatic heterocycles. The topological polar surface area (TPSA) is 58.5 Å². The fourth-order valence-electron chi connectivity index (χ4n) is 0.979. The maximum Gasteiger partial charge on any atom is 0.255 e. The van der Waals surface area contributed by atoms with E-state index in [-0.39, 0.29) is 18.2 Å². The van der Waals surface area contributed by atoms with Gasteiger partial charge in [-0.2, -0.15) is 0 Å². The fraction of sp³-hybridized carbons (Fsp3) is 0.375. The molecule has 12 heavy (non-hydrogen) atoms. The van der Waals surface area contributed by atoms with Crippen molar-refractivity contribution in [2.45, 2.75) is 20.3 Å². The highest BCUT2D eigenvalue weighted by Crippen LogP contribution is 2.14. The number of imide groups is 1. The number of nitrogens with one attached hydrogen (secondary N) is 1. The first-order valence-electron chi connectivity index (χ1n) is 3.67. The van der Waals surface area contributed by atoms with Gasteiger partial charge in [-0.15, -0.1) is 0 Å². The number of hydrogen-bond acceptors (Lipinski definition) is 3. The van der Waals surface area contributed by atoms with Crippen molar-refractivity contribution >= 4 is 18.0 Å². The van der Waals surface area contributed by atoms with Crippen molar-refractivity contribution < 1.29 is 9.59 Å². The predicted molar refractivity (Wildman–Crippen MR) is 44.6 cm³/mol. The molecule has 0 unspecified atom stereocenters. The zero-order chi connectivity index (χ0) is 9.14. The third kappa shape index (κ3) is 1.58. The van der Waals surface area contributed by atoms with E-state index in [1.54, 1.807) is 20.1 Å². The van der Waals surface area contributed by atoms with Crippen LogP contribution < -0.4 is 5.32 Å². The van der Waals surface area contributed by atoms with E-state index in [9.17, 15) is 9.59 Å². The molecule has 0 radical (unpaired) electrons. The Morgan fingerprint density at radius 2 is 2.17 bits per heavy atom. The summed E-state index contributed by atoms with van der Waals surface area (Å²) in [6.07, 6.45) is 1.77. The third-order valence-electron chi connectivity index (χ3n) is 1.64. The van der Waals surface area contributed by atoms with Crippen LogP contribution in [0.3, 0.4) is 0 Å². The molecule has 1 aliphatic rings. The largest absolute Gasteiger partial charge is 0.292 e. The molecule has 0 aliphatic carbocycles. The average molecular weight is 166 g/mol. The van der Waals surface area contributed by atoms with E-state index < -0.39 is 0 Å². The number of amides is 2. The normalized spacial score (nSPS) is 18.8. The summed E-state index contributed by atoms with van der Waals surface area (Å²) in [7, 11) is 0. The van der Waals surface area contributed by atoms with Gasteiger partial charge in [-0.25, -0.2) is 0 Å². The average Bonchev–Trinajstić information content (AvgIpc) is 2.00. The number of aliphatic imine (C=N–C) groups is 1. The molecule has 4 heteroatoms. The molecule has 0 bridgehead atoms. The van der Waals surface area contributed by atoms with Crippen LogP contribution in [0.15, 0.2) is 16.3 Å². The molecule has 0 saturated heterocycles. The summed E-state index contributed by atoms with van der Waals surface area (Å²) < 4.78 is 0. The Hall–Kier alpha value is -1.45. The molecule has 0 spiro atoms. The molecule has 0 aromatic heterocycles. The van der Waals surface area contributed by atoms with Crippen LogP contribution in [0.25, 0.3) is 0 Å². The maximum absolute atomic E-state index is 11.0. The highest BCUT2D eigenvalue weighted by Gasteiger charge is 2.20. The van der Waals surface area contributed by atoms with Crippen molar-refractivity contribution in [3.05, 3.63) is 11.3 Å². The predicted octanol–water partition coefficient (Wildman–Crippen LogP) is 0.398. The van der Waals surface area contributed by atoms with Gasteiger partial charge in [0.2, 0.25) is 5.91 Å². The summed E-state index contributed by atoms with van der Waals surface area (Å²) in [6, 6.07) is 0. The summed E-state index contributed by atoms with van der Waals surface area (Å²) in [4.78, 5) is 25.8. The highest BCUT2D eigenvalue weighted by atomic mass is 16.2. The van der Waals surface area contributed by atoms with Crippen LogP contribution in [0, 0.1) is 0 Å². The Kier molecular flexibility index (Phi) is 2.38. The third-order valence-corrected chi connectivity index (χ3v) is 1.64. The summed E-state index contributed by atoms with van der Waals surface area (Å²) in [5.74, 6) is -0.627. The van der Waals surface area contributed by atoms with Crippen molar-refractivity contribution in [2.24, 2.45) is 4.99 Å². The minimum atomic E-state index is -0.341. The molecule has 1 heterocycles. The van der Waals surface area contributed by atoms with E-state index in [1.165, 1.54) is 0 Å². The number of carbonyl (C=O) groups is 2. The van der Waals surface area contributed by atoms with Crippen LogP contribution in [0.5, 0.6) is 0 Å². The van der Waals surface area contributed by atoms with Crippen molar-refractivity contribution in [1.82, 2.24) is 5.32 Å². The molecule has 1 rings (SSSR count). The first-order valence-corrected chi connectivity index (χ1v) is 3.67. The van der Waals surface area contributed by atoms with Gasteiger partial charge in [-0.05, 0) is 13.8 Å². The van der Waals surface area contributed by atoms with Crippen LogP contribution in [0.1, 0.15) is 20.3 Å². The number of carbonyl (C=O) groups excluding carboxylic acids is 2. The number of nitrogens with zero attached hydrogens (tertiary/aromatic N) is 1. The first kappa shape index (κ1) is 8.64. The second-order valence-corrected chi connectivity index (χ2v) is 2.51. The number of hydrogen-bond donors (Lipinski definition) is 1. The molecule has 4 nitrogen and oxygen atoms in total. The molecule has 0 aromatic rings. The van der Waals surface area contributed by atoms with Gasteiger partial charge in [0.05, 0.1) is 12.1 Å². The lowest BCUT2D eigenvalue weighted by atomic mass is 10.1. The molecule has 2 amide bonds. The van der Waals surface area contributed by atoms with Crippen molar-refractivity contribution in [3.8, 4) is 0 Å². The highest BCUT2D eigenvalue weighted by molar-refractivity contribution is 6.08. The van der Waals surface area contributed by atoms with Gasteiger partial charge in [0.1, 0.15) is 0 Å². The molecule has 0 atom stereocenters. The van der Waals surface area contributed by atoms with Gasteiger partial charge in [-0.1, -0.05) is 0 Å². The van der Waals surface area contributed by atoms with Crippen LogP contribution in [-0.4, -0.2) is 18.0 Å². The second kappa shape index (κ2) is 3.30. The molecule has 0 fully saturated rings. The standard InChI is InChI=1S/C8H10N2O2/c1-3-9-6-4-7(11)10-8(12)5(6)2/h3H,4H2,1-2H3,(H,10,11,12)/b9-3-. The molecular weight excluding hydrogens is 156 g/mol. The lowest BCUT2D eigenvalue weighted by Gasteiger charge is -2.12. The summed E-state index contributed by atoms with van der Waals surface area (Å²) in [5.41, 5.74) is 1.08. The lowest BCUT2D eigenvalue weighted by molar-refractivity contribution is -0.129. The zero-order valence-corrected chi connectivity index (χ0v) is 7.05. The van der Waals surface area contributed by atoms with Gasteiger partial charge < -0.3 is 0 Å². The van der Waals surface area contributed by atoms with Crippen molar-refractivity contribution in [2.75, 3.05) is 0 Å². The van der Waals surface area contributed by atoms with E-state index in [4.69, 9.17) is 0 Å². The smallest absolute Gasteiger partial charge is 0.255 e. The minimum Gasteiger partial charge on any atom is -0.292 e. The second-order valence-electron chi connectivity index (χ2n) is 2.51. The molecule has 64 valence electrons. The van der Waals surface area contributed by atoms with Crippen molar-refractivity contribution in [3.63, 3.8) is 0 Å². The minimum absolute atomic E-state index is 0.196. The van der Waals surface area contributed by atoms with Gasteiger partial charge in [0, 0.05) is 11.8 Å². The van der Waals surface area contributed by atoms with E-state index in [2.05, 4.69) is 10.3 Å². The quantitative estimate of drug-likeness (QED) is 0.452. The molecule has 0 aromatic carbocycles. The van der Waals surface area contributed by atoms with E-state index in [0.717, 1.165) is 0 Å². The Morgan fingerprint density at radius 1 is 1.50 bits per heavy atom. The Balaban J connectivity index is 3.00. The van der Waals surface area contributed by atoms with E-state index >= 15 is 0 Å². The van der Waals surface area contributed by atoms with E-state index in [0.29, 0.717) is 11.3 Å². The van der Waals surface area contributed by atoms with Crippen LogP contribution in [0.2, 0.25) is 0 Å². The SMILES string of the molecule is C/C=N\C1=C(C)C(=O)NC(=O)C1. The van der Waals surface area contributed by atoms with Gasteiger partial charge in [-0.3, -0.25) is 19.9 Å². The summed E-state index contributed by atoms with van der Waals surface area (Å²) in [6.45, 7) is 3.40. The Bertz CT molecular complexity index is 289. The first-order chi connectivity index (χ1) is 5.65. The Morgan fingerprint density at radius 3 is 2.75 bits per heavy atom. The molecule has 0 saturated carbocycles. The van der Waals surface area contributed by atoms with Crippen LogP contribution in [0.4, 0.5) is 0 Å². The Labute approximate surface area is 70.4 Å². The lowest BCUT2D eigenvalue weighted by Crippen LogP contribution is -2.35. The van der Waals surface area contributed by atoms with Gasteiger partial charge >= 0.3 is 0 Å². The van der Waals surface area contributed by atoms with Crippen molar-refractivity contribution in [1.29, 1.82) is 0 Å². The summed E-state index contributed by atoms with van der Waals surface area (Å²) >= 11 is 0. The number of rotatable bonds is 1. The van der Waals surface area contributed by atoms with Gasteiger partial charge in [0.15, 0.2) is 0 Å². The van der Waals surface area contributed by atoms with Crippen LogP contribution >= 0.6 is 0 Å². The van der Waals surface area contributed by atoms with E-state index in [1.807, 2.05) is 0 Å². The van der Waals surface area contributed by atoms with Gasteiger partial charge in [0.25, 0.3) is 5.91 Å². The molecular formula is C8H10N2O2. The fourth-order valence-corrected chi connectivity index (χ4v) is 0.979. The zero-order valence-electron chi connectivity index (χ0n) is 7.05. The monoisotopic (exact) mass is 166 g/mol. The summed E-state index contributed by atoms with van der Waals surface area (Å²) in [5, 5.41) is 2.21. The molecule has 1 N–H and O–H groups in total.